The highest BCUT2D eigenvalue weighted by molar-refractivity contribution is 7.94. The van der Waals surface area contributed by atoms with E-state index in [1.54, 1.807) is 24.3 Å². The summed E-state index contributed by atoms with van der Waals surface area (Å²) in [6, 6.07) is 6.41. The van der Waals surface area contributed by atoms with Gasteiger partial charge in [0.05, 0.1) is 18.5 Å². The minimum atomic E-state index is 0.106. The normalized spacial score (nSPS) is 11.5. The Kier molecular flexibility index (Phi) is 5.14. The van der Waals surface area contributed by atoms with Crippen LogP contribution in [0.1, 0.15) is 0 Å². The first-order valence-electron chi connectivity index (χ1n) is 4.29. The average molecular weight is 231 g/mol. The third-order valence-electron chi connectivity index (χ3n) is 1.75. The third-order valence-corrected chi connectivity index (χ3v) is 2.20. The van der Waals surface area contributed by atoms with E-state index in [0.29, 0.717) is 22.5 Å². The van der Waals surface area contributed by atoms with Crippen molar-refractivity contribution in [2.24, 2.45) is 5.73 Å². The molecule has 0 radical (unpaired) electrons. The number of hydrogen-bond acceptors (Lipinski definition) is 3. The van der Waals surface area contributed by atoms with E-state index in [9.17, 15) is 8.28 Å². The van der Waals surface area contributed by atoms with E-state index in [1.165, 1.54) is 0 Å². The molecule has 2 nitrogen and oxygen atoms in total. The van der Waals surface area contributed by atoms with Crippen LogP contribution in [0, 0.1) is 0 Å². The minimum Gasteiger partial charge on any atom is -0.489 e. The molecule has 0 atom stereocenters. The molecule has 2 N–H and O–H groups in total. The van der Waals surface area contributed by atoms with Gasteiger partial charge in [-0.15, -0.1) is 0 Å². The Bertz CT molecular complexity index is 327. The lowest BCUT2D eigenvalue weighted by atomic mass is 10.3. The first-order valence-corrected chi connectivity index (χ1v) is 5.01. The largest absolute Gasteiger partial charge is 0.489 e. The van der Waals surface area contributed by atoms with Crippen molar-refractivity contribution in [2.45, 2.75) is 4.90 Å². The molecule has 0 saturated heterocycles. The molecular formula is C10H11F2NOS. The zero-order valence-corrected chi connectivity index (χ0v) is 8.77. The standard InChI is InChI=1S/C10H11F2NOS/c11-5-8(6-13)7-14-9-1-3-10(15-12)4-2-9/h1-5H,6-7,13H2/b8-5-. The smallest absolute Gasteiger partial charge is 0.119 e. The summed E-state index contributed by atoms with van der Waals surface area (Å²) in [5, 5.41) is 0. The first kappa shape index (κ1) is 12.0. The molecule has 0 spiro atoms. The number of rotatable bonds is 5. The number of nitrogens with two attached hydrogens (primary N) is 1. The molecule has 0 unspecified atom stereocenters. The summed E-state index contributed by atoms with van der Waals surface area (Å²) in [5.41, 5.74) is 5.63. The Labute approximate surface area is 91.4 Å². The molecule has 0 amide bonds. The predicted octanol–water partition coefficient (Wildman–Crippen LogP) is 2.85. The van der Waals surface area contributed by atoms with Crippen molar-refractivity contribution in [2.75, 3.05) is 13.2 Å². The number of benzene rings is 1. The second kappa shape index (κ2) is 6.42. The molecule has 0 aliphatic carbocycles. The van der Waals surface area contributed by atoms with Crippen molar-refractivity contribution in [1.82, 2.24) is 0 Å². The fraction of sp³-hybridized carbons (Fsp3) is 0.200. The van der Waals surface area contributed by atoms with Crippen LogP contribution in [-0.4, -0.2) is 13.2 Å². The fourth-order valence-electron chi connectivity index (χ4n) is 0.898. The van der Waals surface area contributed by atoms with Gasteiger partial charge in [0, 0.05) is 17.0 Å². The van der Waals surface area contributed by atoms with E-state index in [1.807, 2.05) is 0 Å². The zero-order chi connectivity index (χ0) is 11.1. The number of hydrogen-bond donors (Lipinski definition) is 1. The Morgan fingerprint density at radius 3 is 2.53 bits per heavy atom. The van der Waals surface area contributed by atoms with Gasteiger partial charge in [0.25, 0.3) is 0 Å². The van der Waals surface area contributed by atoms with E-state index in [0.717, 1.165) is 0 Å². The van der Waals surface area contributed by atoms with Gasteiger partial charge >= 0.3 is 0 Å². The van der Waals surface area contributed by atoms with E-state index >= 15 is 0 Å². The lowest BCUT2D eigenvalue weighted by Gasteiger charge is -2.06. The number of halogens is 2. The van der Waals surface area contributed by atoms with Crippen LogP contribution in [0.5, 0.6) is 5.75 Å². The van der Waals surface area contributed by atoms with Gasteiger partial charge in [-0.25, -0.2) is 4.39 Å². The summed E-state index contributed by atoms with van der Waals surface area (Å²) < 4.78 is 29.4. The second-order valence-corrected chi connectivity index (χ2v) is 3.43. The maximum atomic E-state index is 12.1. The topological polar surface area (TPSA) is 35.2 Å². The SMILES string of the molecule is NC/C(=C/F)COc1ccc(SF)cc1. The Balaban J connectivity index is 2.51. The predicted molar refractivity (Wildman–Crippen MR) is 57.1 cm³/mol. The van der Waals surface area contributed by atoms with Gasteiger partial charge in [0.15, 0.2) is 0 Å². The monoisotopic (exact) mass is 231 g/mol. The minimum absolute atomic E-state index is 0.106. The molecule has 15 heavy (non-hydrogen) atoms. The quantitative estimate of drug-likeness (QED) is 0.846. The van der Waals surface area contributed by atoms with Crippen LogP contribution in [0.25, 0.3) is 0 Å². The molecule has 1 rings (SSSR count). The van der Waals surface area contributed by atoms with Gasteiger partial charge in [0.1, 0.15) is 12.4 Å². The van der Waals surface area contributed by atoms with Crippen molar-refractivity contribution < 1.29 is 13.0 Å². The maximum Gasteiger partial charge on any atom is 0.119 e. The van der Waals surface area contributed by atoms with Gasteiger partial charge in [-0.05, 0) is 24.3 Å². The molecule has 1 aromatic rings. The Hall–Kier alpha value is -1.07. The fourth-order valence-corrected chi connectivity index (χ4v) is 1.14. The van der Waals surface area contributed by atoms with Gasteiger partial charge in [-0.2, -0.15) is 3.89 Å². The zero-order valence-electron chi connectivity index (χ0n) is 7.95. The highest BCUT2D eigenvalue weighted by Crippen LogP contribution is 2.21. The lowest BCUT2D eigenvalue weighted by Crippen LogP contribution is -2.10. The van der Waals surface area contributed by atoms with Crippen molar-refractivity contribution in [1.29, 1.82) is 0 Å². The molecule has 0 aliphatic rings. The first-order chi connectivity index (χ1) is 7.30. The molecule has 82 valence electrons. The average Bonchev–Trinajstić information content (AvgIpc) is 2.31. The molecule has 0 bridgehead atoms. The summed E-state index contributed by atoms with van der Waals surface area (Å²) in [4.78, 5) is 0.502. The molecule has 0 aromatic heterocycles. The molecule has 0 saturated carbocycles. The van der Waals surface area contributed by atoms with Crippen molar-refractivity contribution in [3.05, 3.63) is 36.2 Å². The summed E-state index contributed by atoms with van der Waals surface area (Å²) in [7, 11) is 0. The van der Waals surface area contributed by atoms with Crippen LogP contribution in [0.2, 0.25) is 0 Å². The van der Waals surface area contributed by atoms with Crippen molar-refractivity contribution in [3.63, 3.8) is 0 Å². The van der Waals surface area contributed by atoms with Crippen molar-refractivity contribution in [3.8, 4) is 5.75 Å². The van der Waals surface area contributed by atoms with Crippen molar-refractivity contribution >= 4 is 12.1 Å². The van der Waals surface area contributed by atoms with Crippen LogP contribution in [0.4, 0.5) is 8.28 Å². The van der Waals surface area contributed by atoms with E-state index in [2.05, 4.69) is 0 Å². The highest BCUT2D eigenvalue weighted by atomic mass is 32.2. The highest BCUT2D eigenvalue weighted by Gasteiger charge is 1.98. The van der Waals surface area contributed by atoms with Gasteiger partial charge in [-0.1, -0.05) is 0 Å². The van der Waals surface area contributed by atoms with Crippen LogP contribution in [0.15, 0.2) is 41.1 Å². The van der Waals surface area contributed by atoms with Crippen LogP contribution in [-0.2, 0) is 0 Å². The van der Waals surface area contributed by atoms with E-state index in [-0.39, 0.29) is 25.3 Å². The second-order valence-electron chi connectivity index (χ2n) is 2.81. The van der Waals surface area contributed by atoms with E-state index < -0.39 is 0 Å². The molecule has 0 aliphatic heterocycles. The van der Waals surface area contributed by atoms with Gasteiger partial charge < -0.3 is 10.5 Å². The third kappa shape index (κ3) is 3.89. The molecule has 1 aromatic carbocycles. The summed E-state index contributed by atoms with van der Waals surface area (Å²) >= 11 is 0.164. The summed E-state index contributed by atoms with van der Waals surface area (Å²) in [6.07, 6.45) is 0.436. The molecule has 5 heteroatoms. The lowest BCUT2D eigenvalue weighted by molar-refractivity contribution is 0.347. The Morgan fingerprint density at radius 2 is 2.07 bits per heavy atom. The van der Waals surface area contributed by atoms with Gasteiger partial charge in [-0.3, -0.25) is 0 Å². The molecule has 0 fully saturated rings. The molecular weight excluding hydrogens is 220 g/mol. The van der Waals surface area contributed by atoms with Gasteiger partial charge in [0.2, 0.25) is 0 Å². The van der Waals surface area contributed by atoms with Crippen LogP contribution < -0.4 is 10.5 Å². The Morgan fingerprint density at radius 1 is 1.40 bits per heavy atom. The summed E-state index contributed by atoms with van der Waals surface area (Å²) in [5.74, 6) is 0.556. The summed E-state index contributed by atoms with van der Waals surface area (Å²) in [6.45, 7) is 0.226. The maximum absolute atomic E-state index is 12.1. The molecule has 0 heterocycles. The van der Waals surface area contributed by atoms with Crippen LogP contribution in [0.3, 0.4) is 0 Å². The number of ether oxygens (including phenoxy) is 1. The van der Waals surface area contributed by atoms with Crippen LogP contribution >= 0.6 is 12.1 Å². The van der Waals surface area contributed by atoms with E-state index in [4.69, 9.17) is 10.5 Å².